The summed E-state index contributed by atoms with van der Waals surface area (Å²) in [6, 6.07) is 2.36. The average Bonchev–Trinajstić information content (AvgIpc) is 2.42. The molecule has 110 valence electrons. The number of ketones is 1. The van der Waals surface area contributed by atoms with E-state index in [-0.39, 0.29) is 17.2 Å². The number of aliphatic carboxylic acids is 1. The molecule has 6 nitrogen and oxygen atoms in total. The van der Waals surface area contributed by atoms with Gasteiger partial charge in [-0.3, -0.25) is 9.59 Å². The van der Waals surface area contributed by atoms with Crippen molar-refractivity contribution in [3.8, 4) is 5.88 Å². The van der Waals surface area contributed by atoms with Crippen LogP contribution in [0, 0.1) is 0 Å². The Kier molecular flexibility index (Phi) is 6.66. The fraction of sp³-hybridized carbons (Fsp3) is 0.500. The minimum atomic E-state index is -0.979. The van der Waals surface area contributed by atoms with Crippen molar-refractivity contribution >= 4 is 11.8 Å². The molecule has 4 N–H and O–H groups in total. The van der Waals surface area contributed by atoms with Crippen LogP contribution in [0.2, 0.25) is 0 Å². The highest BCUT2D eigenvalue weighted by molar-refractivity contribution is 5.97. The van der Waals surface area contributed by atoms with Crippen molar-refractivity contribution in [2.75, 3.05) is 0 Å². The molecule has 6 heteroatoms. The maximum absolute atomic E-state index is 11.8. The summed E-state index contributed by atoms with van der Waals surface area (Å²) in [6.07, 6.45) is 5.34. The van der Waals surface area contributed by atoms with Gasteiger partial charge in [0, 0.05) is 12.6 Å². The lowest BCUT2D eigenvalue weighted by Crippen LogP contribution is -2.29. The molecule has 0 aromatic carbocycles. The first-order chi connectivity index (χ1) is 9.52. The minimum absolute atomic E-state index is 0.127. The van der Waals surface area contributed by atoms with Crippen LogP contribution in [0.3, 0.4) is 0 Å². The van der Waals surface area contributed by atoms with Crippen LogP contribution >= 0.6 is 0 Å². The second kappa shape index (κ2) is 8.27. The minimum Gasteiger partial charge on any atom is -0.493 e. The molecule has 1 unspecified atom stereocenters. The van der Waals surface area contributed by atoms with E-state index in [9.17, 15) is 14.7 Å². The number of hydrogen-bond acceptors (Lipinski definition) is 5. The quantitative estimate of drug-likeness (QED) is 0.469. The SMILES string of the molecule is NC(CCCCCCC(=O)c1cccnc1O)C(=O)O. The fourth-order valence-corrected chi connectivity index (χ4v) is 1.88. The van der Waals surface area contributed by atoms with E-state index in [2.05, 4.69) is 4.98 Å². The Morgan fingerprint density at radius 3 is 2.60 bits per heavy atom. The summed E-state index contributed by atoms with van der Waals surface area (Å²) in [6.45, 7) is 0. The number of carboxylic acids is 1. The van der Waals surface area contributed by atoms with E-state index in [1.807, 2.05) is 0 Å². The highest BCUT2D eigenvalue weighted by Crippen LogP contribution is 2.16. The molecule has 0 fully saturated rings. The number of nitrogens with zero attached hydrogens (tertiary/aromatic N) is 1. The van der Waals surface area contributed by atoms with Gasteiger partial charge < -0.3 is 15.9 Å². The normalized spacial score (nSPS) is 12.1. The van der Waals surface area contributed by atoms with Crippen molar-refractivity contribution < 1.29 is 19.8 Å². The first-order valence-corrected chi connectivity index (χ1v) is 6.68. The van der Waals surface area contributed by atoms with Crippen LogP contribution in [0.5, 0.6) is 5.88 Å². The summed E-state index contributed by atoms with van der Waals surface area (Å²) < 4.78 is 0. The Bertz CT molecular complexity index is 462. The summed E-state index contributed by atoms with van der Waals surface area (Å²) in [4.78, 5) is 26.0. The standard InChI is InChI=1S/C14H20N2O4/c15-11(14(19)20)7-3-1-2-4-8-12(17)10-6-5-9-16-13(10)18/h5-6,9,11H,1-4,7-8,15H2,(H,16,18)(H,19,20). The summed E-state index contributed by atoms with van der Waals surface area (Å²) in [5.41, 5.74) is 5.63. The molecular formula is C14H20N2O4. The third kappa shape index (κ3) is 5.36. The largest absolute Gasteiger partial charge is 0.493 e. The first kappa shape index (κ1) is 16.1. The topological polar surface area (TPSA) is 114 Å². The zero-order valence-electron chi connectivity index (χ0n) is 11.3. The molecule has 0 amide bonds. The molecule has 0 saturated carbocycles. The van der Waals surface area contributed by atoms with Gasteiger partial charge >= 0.3 is 5.97 Å². The molecule has 1 aromatic heterocycles. The third-order valence-corrected chi connectivity index (χ3v) is 3.07. The van der Waals surface area contributed by atoms with E-state index >= 15 is 0 Å². The number of unbranched alkanes of at least 4 members (excludes halogenated alkanes) is 3. The van der Waals surface area contributed by atoms with Gasteiger partial charge in [0.05, 0.1) is 5.56 Å². The van der Waals surface area contributed by atoms with Gasteiger partial charge in [0.1, 0.15) is 6.04 Å². The summed E-state index contributed by atoms with van der Waals surface area (Å²) >= 11 is 0. The zero-order valence-corrected chi connectivity index (χ0v) is 11.3. The van der Waals surface area contributed by atoms with Crippen molar-refractivity contribution in [3.05, 3.63) is 23.9 Å². The van der Waals surface area contributed by atoms with Crippen LogP contribution in [0.1, 0.15) is 48.9 Å². The Balaban J connectivity index is 2.17. The Morgan fingerprint density at radius 1 is 1.25 bits per heavy atom. The van der Waals surface area contributed by atoms with E-state index in [4.69, 9.17) is 10.8 Å². The number of carboxylic acid groups (broad SMARTS) is 1. The predicted molar refractivity (Wildman–Crippen MR) is 73.5 cm³/mol. The van der Waals surface area contributed by atoms with Crippen molar-refractivity contribution in [2.45, 2.75) is 44.6 Å². The van der Waals surface area contributed by atoms with Gasteiger partial charge in [-0.25, -0.2) is 4.98 Å². The molecule has 0 aliphatic rings. The summed E-state index contributed by atoms with van der Waals surface area (Å²) in [5.74, 6) is -1.34. The van der Waals surface area contributed by atoms with Crippen molar-refractivity contribution in [3.63, 3.8) is 0 Å². The highest BCUT2D eigenvalue weighted by atomic mass is 16.4. The number of pyridine rings is 1. The number of aromatic hydroxyl groups is 1. The van der Waals surface area contributed by atoms with E-state index in [0.717, 1.165) is 19.3 Å². The second-order valence-corrected chi connectivity index (χ2v) is 4.70. The van der Waals surface area contributed by atoms with Crippen molar-refractivity contribution in [1.29, 1.82) is 0 Å². The van der Waals surface area contributed by atoms with Crippen LogP contribution < -0.4 is 5.73 Å². The first-order valence-electron chi connectivity index (χ1n) is 6.68. The van der Waals surface area contributed by atoms with E-state index < -0.39 is 12.0 Å². The van der Waals surface area contributed by atoms with Gasteiger partial charge in [0.2, 0.25) is 5.88 Å². The van der Waals surface area contributed by atoms with Gasteiger partial charge in [-0.1, -0.05) is 19.3 Å². The molecule has 1 aromatic rings. The molecule has 20 heavy (non-hydrogen) atoms. The molecule has 0 aliphatic carbocycles. The monoisotopic (exact) mass is 280 g/mol. The highest BCUT2D eigenvalue weighted by Gasteiger charge is 2.12. The number of carbonyl (C=O) groups is 2. The maximum Gasteiger partial charge on any atom is 0.320 e. The summed E-state index contributed by atoms with van der Waals surface area (Å²) in [5, 5.41) is 18.0. The predicted octanol–water partition coefficient (Wildman–Crippen LogP) is 1.72. The third-order valence-electron chi connectivity index (χ3n) is 3.07. The lowest BCUT2D eigenvalue weighted by Gasteiger charge is -2.06. The molecule has 0 spiro atoms. The van der Waals surface area contributed by atoms with E-state index in [1.54, 1.807) is 12.1 Å². The van der Waals surface area contributed by atoms with Crippen LogP contribution in [0.4, 0.5) is 0 Å². The molecule has 1 heterocycles. The fourth-order valence-electron chi connectivity index (χ4n) is 1.88. The maximum atomic E-state index is 11.8. The van der Waals surface area contributed by atoms with Gasteiger partial charge in [0.15, 0.2) is 5.78 Å². The molecule has 0 aliphatic heterocycles. The average molecular weight is 280 g/mol. The molecule has 0 bridgehead atoms. The van der Waals surface area contributed by atoms with Gasteiger partial charge in [-0.15, -0.1) is 0 Å². The van der Waals surface area contributed by atoms with Gasteiger partial charge in [0.25, 0.3) is 0 Å². The Morgan fingerprint density at radius 2 is 1.95 bits per heavy atom. The Hall–Kier alpha value is -1.95. The molecule has 0 saturated heterocycles. The lowest BCUT2D eigenvalue weighted by molar-refractivity contribution is -0.138. The zero-order chi connectivity index (χ0) is 15.0. The number of hydrogen-bond donors (Lipinski definition) is 3. The van der Waals surface area contributed by atoms with Crippen LogP contribution in [-0.4, -0.2) is 33.0 Å². The number of carbonyl (C=O) groups excluding carboxylic acids is 1. The lowest BCUT2D eigenvalue weighted by atomic mass is 10.0. The van der Waals surface area contributed by atoms with Gasteiger partial charge in [-0.05, 0) is 25.0 Å². The molecule has 1 atom stereocenters. The number of aromatic nitrogens is 1. The van der Waals surface area contributed by atoms with Crippen molar-refractivity contribution in [2.24, 2.45) is 5.73 Å². The smallest absolute Gasteiger partial charge is 0.320 e. The molecular weight excluding hydrogens is 260 g/mol. The van der Waals surface area contributed by atoms with Gasteiger partial charge in [-0.2, -0.15) is 0 Å². The van der Waals surface area contributed by atoms with Crippen LogP contribution in [-0.2, 0) is 4.79 Å². The van der Waals surface area contributed by atoms with E-state index in [0.29, 0.717) is 19.3 Å². The molecule has 1 rings (SSSR count). The molecule has 0 radical (unpaired) electrons. The number of rotatable bonds is 9. The Labute approximate surface area is 117 Å². The number of nitrogens with two attached hydrogens (primary N) is 1. The second-order valence-electron chi connectivity index (χ2n) is 4.70. The van der Waals surface area contributed by atoms with Crippen LogP contribution in [0.25, 0.3) is 0 Å². The number of Topliss-reactive ketones (excluding diaryl/α,β-unsaturated/α-hetero) is 1. The van der Waals surface area contributed by atoms with Crippen molar-refractivity contribution in [1.82, 2.24) is 4.98 Å². The summed E-state index contributed by atoms with van der Waals surface area (Å²) in [7, 11) is 0. The van der Waals surface area contributed by atoms with Crippen LogP contribution in [0.15, 0.2) is 18.3 Å². The van der Waals surface area contributed by atoms with E-state index in [1.165, 1.54) is 6.20 Å².